The summed E-state index contributed by atoms with van der Waals surface area (Å²) in [5.41, 5.74) is 22.9. The third-order valence-electron chi connectivity index (χ3n) is 15.0. The SMILES string of the molecule is CC(C)c1ccc(N(c2ccccc2)c2cc3c4c(c2)C2(c5ccccc5Oc5ccccc52)c2cc(N(c5ccccc5)c5ccc(C(C)C)cc5)cc(c2-4)-c2ccccc2-c2ccccc2-3)cc1. The van der Waals surface area contributed by atoms with Crippen molar-refractivity contribution in [3.8, 4) is 56.0 Å². The zero-order valence-electron chi connectivity index (χ0n) is 39.9. The number of benzene rings is 10. The fourth-order valence-corrected chi connectivity index (χ4v) is 11.8. The molecule has 0 saturated heterocycles. The van der Waals surface area contributed by atoms with Crippen LogP contribution in [0.4, 0.5) is 34.1 Å². The Morgan fingerprint density at radius 1 is 0.300 bits per heavy atom. The van der Waals surface area contributed by atoms with E-state index in [1.807, 2.05) is 0 Å². The number of fused-ring (bicyclic) bond motifs is 11. The molecule has 0 fully saturated rings. The van der Waals surface area contributed by atoms with Gasteiger partial charge < -0.3 is 14.5 Å². The summed E-state index contributed by atoms with van der Waals surface area (Å²) in [5.74, 6) is 2.56. The molecule has 1 spiro atoms. The van der Waals surface area contributed by atoms with Crippen molar-refractivity contribution in [2.75, 3.05) is 9.80 Å². The van der Waals surface area contributed by atoms with Gasteiger partial charge in [0.2, 0.25) is 0 Å². The second-order valence-corrected chi connectivity index (χ2v) is 19.6. The van der Waals surface area contributed by atoms with E-state index in [2.05, 4.69) is 268 Å². The molecule has 0 bridgehead atoms. The van der Waals surface area contributed by atoms with E-state index >= 15 is 0 Å². The van der Waals surface area contributed by atoms with Gasteiger partial charge in [0.1, 0.15) is 11.5 Å². The Hall–Kier alpha value is -8.40. The molecule has 70 heavy (non-hydrogen) atoms. The summed E-state index contributed by atoms with van der Waals surface area (Å²) >= 11 is 0. The number of nitrogens with zero attached hydrogens (tertiary/aromatic N) is 2. The van der Waals surface area contributed by atoms with Crippen LogP contribution in [0.3, 0.4) is 0 Å². The zero-order chi connectivity index (χ0) is 47.1. The molecular formula is C67H52N2O. The monoisotopic (exact) mass is 900 g/mol. The summed E-state index contributed by atoms with van der Waals surface area (Å²) in [7, 11) is 0. The molecule has 1 aliphatic heterocycles. The van der Waals surface area contributed by atoms with Crippen molar-refractivity contribution in [2.45, 2.75) is 44.9 Å². The molecule has 2 aliphatic carbocycles. The molecule has 3 nitrogen and oxygen atoms in total. The van der Waals surface area contributed by atoms with Crippen LogP contribution in [0.2, 0.25) is 0 Å². The molecule has 1 heterocycles. The number of rotatable bonds is 8. The van der Waals surface area contributed by atoms with Crippen molar-refractivity contribution in [1.82, 2.24) is 0 Å². The lowest BCUT2D eigenvalue weighted by molar-refractivity contribution is 0.436. The van der Waals surface area contributed by atoms with E-state index in [1.165, 1.54) is 66.8 Å². The molecular weight excluding hydrogens is 849 g/mol. The maximum atomic E-state index is 7.00. The lowest BCUT2D eigenvalue weighted by Gasteiger charge is -2.40. The normalized spacial score (nSPS) is 13.1. The second-order valence-electron chi connectivity index (χ2n) is 19.6. The molecule has 0 N–H and O–H groups in total. The number of hydrogen-bond acceptors (Lipinski definition) is 3. The first-order valence-corrected chi connectivity index (χ1v) is 24.7. The van der Waals surface area contributed by atoms with Crippen LogP contribution in [0.25, 0.3) is 44.5 Å². The predicted octanol–water partition coefficient (Wildman–Crippen LogP) is 18.7. The highest BCUT2D eigenvalue weighted by atomic mass is 16.5. The molecule has 10 aromatic carbocycles. The van der Waals surface area contributed by atoms with Crippen molar-refractivity contribution in [2.24, 2.45) is 0 Å². The van der Waals surface area contributed by atoms with Crippen LogP contribution in [0.15, 0.2) is 231 Å². The first kappa shape index (κ1) is 41.8. The largest absolute Gasteiger partial charge is 0.457 e. The second kappa shape index (κ2) is 16.4. The van der Waals surface area contributed by atoms with Crippen molar-refractivity contribution >= 4 is 34.1 Å². The number of anilines is 6. The van der Waals surface area contributed by atoms with Crippen LogP contribution >= 0.6 is 0 Å². The van der Waals surface area contributed by atoms with E-state index in [4.69, 9.17) is 4.74 Å². The van der Waals surface area contributed by atoms with E-state index in [0.29, 0.717) is 11.8 Å². The molecule has 0 amide bonds. The summed E-state index contributed by atoms with van der Waals surface area (Å²) < 4.78 is 7.00. The van der Waals surface area contributed by atoms with E-state index in [9.17, 15) is 0 Å². The molecule has 10 aromatic rings. The molecule has 0 radical (unpaired) electrons. The quantitative estimate of drug-likeness (QED) is 0.151. The van der Waals surface area contributed by atoms with Crippen LogP contribution in [-0.2, 0) is 5.41 Å². The molecule has 0 atom stereocenters. The van der Waals surface area contributed by atoms with Gasteiger partial charge in [-0.25, -0.2) is 0 Å². The van der Waals surface area contributed by atoms with Crippen molar-refractivity contribution < 1.29 is 4.74 Å². The number of para-hydroxylation sites is 4. The summed E-state index contributed by atoms with van der Waals surface area (Å²) in [6.45, 7) is 9.05. The Morgan fingerprint density at radius 2 is 0.629 bits per heavy atom. The topological polar surface area (TPSA) is 15.7 Å². The molecule has 0 saturated carbocycles. The van der Waals surface area contributed by atoms with Gasteiger partial charge in [0.25, 0.3) is 0 Å². The fourth-order valence-electron chi connectivity index (χ4n) is 11.8. The summed E-state index contributed by atoms with van der Waals surface area (Å²) in [5, 5.41) is 0. The smallest absolute Gasteiger partial charge is 0.132 e. The average molecular weight is 901 g/mol. The molecule has 0 unspecified atom stereocenters. The first-order valence-electron chi connectivity index (χ1n) is 24.7. The van der Waals surface area contributed by atoms with E-state index in [0.717, 1.165) is 56.8 Å². The van der Waals surface area contributed by atoms with Gasteiger partial charge in [-0.05, 0) is 164 Å². The average Bonchev–Trinajstić information content (AvgIpc) is 3.69. The maximum Gasteiger partial charge on any atom is 0.132 e. The molecule has 13 rings (SSSR count). The Kier molecular flexibility index (Phi) is 9.78. The van der Waals surface area contributed by atoms with Crippen molar-refractivity contribution in [3.05, 3.63) is 264 Å². The Morgan fingerprint density at radius 3 is 1.01 bits per heavy atom. The minimum Gasteiger partial charge on any atom is -0.457 e. The standard InChI is InChI=1S/C67H52N2O/c1-43(2)45-31-35-49(36-32-45)68(47-19-7-5-8-20-47)51-39-57-55-25-13-11-23-53(55)54-24-12-14-26-56(54)58-40-52(69(48-21-9-6-10-22-48)50-37-33-46(34-38-50)44(3)4)42-62-66(58)65(57)61(41-51)67(62)59-27-15-17-29-63(59)70-64-30-18-16-28-60(64)67/h5-44H,1-4H3. The van der Waals surface area contributed by atoms with Crippen LogP contribution in [0.1, 0.15) is 72.9 Å². The Bertz CT molecular complexity index is 3390. The first-order chi connectivity index (χ1) is 34.4. The van der Waals surface area contributed by atoms with E-state index in [-0.39, 0.29) is 0 Å². The maximum absolute atomic E-state index is 7.00. The van der Waals surface area contributed by atoms with Gasteiger partial charge in [-0.2, -0.15) is 0 Å². The summed E-state index contributed by atoms with van der Waals surface area (Å²) in [4.78, 5) is 4.91. The highest BCUT2D eigenvalue weighted by Crippen LogP contribution is 2.67. The molecule has 3 aliphatic rings. The lowest BCUT2D eigenvalue weighted by atomic mass is 9.65. The molecule has 3 heteroatoms. The van der Waals surface area contributed by atoms with Crippen molar-refractivity contribution in [3.63, 3.8) is 0 Å². The van der Waals surface area contributed by atoms with E-state index < -0.39 is 5.41 Å². The third kappa shape index (κ3) is 6.34. The summed E-state index contributed by atoms with van der Waals surface area (Å²) in [6.07, 6.45) is 0. The highest BCUT2D eigenvalue weighted by molar-refractivity contribution is 6.11. The van der Waals surface area contributed by atoms with Gasteiger partial charge in [-0.1, -0.05) is 173 Å². The van der Waals surface area contributed by atoms with Gasteiger partial charge >= 0.3 is 0 Å². The van der Waals surface area contributed by atoms with Gasteiger partial charge in [-0.15, -0.1) is 0 Å². The Balaban J connectivity index is 1.21. The predicted molar refractivity (Wildman–Crippen MR) is 291 cm³/mol. The zero-order valence-corrected chi connectivity index (χ0v) is 39.9. The Labute approximate surface area is 411 Å². The minimum absolute atomic E-state index is 0.416. The number of ether oxygens (including phenoxy) is 1. The van der Waals surface area contributed by atoms with E-state index in [1.54, 1.807) is 0 Å². The summed E-state index contributed by atoms with van der Waals surface area (Å²) in [6, 6.07) is 85.7. The molecule has 0 aromatic heterocycles. The van der Waals surface area contributed by atoms with Crippen LogP contribution in [0, 0.1) is 0 Å². The highest BCUT2D eigenvalue weighted by Gasteiger charge is 2.53. The van der Waals surface area contributed by atoms with Gasteiger partial charge in [0.15, 0.2) is 0 Å². The molecule has 336 valence electrons. The van der Waals surface area contributed by atoms with Gasteiger partial charge in [0.05, 0.1) is 5.41 Å². The number of hydrogen-bond donors (Lipinski definition) is 0. The van der Waals surface area contributed by atoms with Crippen LogP contribution in [-0.4, -0.2) is 0 Å². The van der Waals surface area contributed by atoms with Crippen LogP contribution < -0.4 is 14.5 Å². The van der Waals surface area contributed by atoms with Gasteiger partial charge in [0, 0.05) is 45.3 Å². The van der Waals surface area contributed by atoms with Gasteiger partial charge in [-0.3, -0.25) is 0 Å². The minimum atomic E-state index is -0.798. The lowest BCUT2D eigenvalue weighted by Crippen LogP contribution is -2.32. The van der Waals surface area contributed by atoms with Crippen LogP contribution in [0.5, 0.6) is 11.5 Å². The fraction of sp³-hybridized carbons (Fsp3) is 0.104. The third-order valence-corrected chi connectivity index (χ3v) is 15.0. The van der Waals surface area contributed by atoms with Crippen molar-refractivity contribution in [1.29, 1.82) is 0 Å².